The van der Waals surface area contributed by atoms with Gasteiger partial charge in [-0.15, -0.1) is 24.0 Å². The minimum absolute atomic E-state index is 0. The summed E-state index contributed by atoms with van der Waals surface area (Å²) in [5.74, 6) is 1.84. The molecule has 1 aromatic rings. The number of nitrogens with one attached hydrogen (secondary N) is 2. The molecule has 3 saturated heterocycles. The third-order valence-corrected chi connectivity index (χ3v) is 5.30. The van der Waals surface area contributed by atoms with Gasteiger partial charge in [0.15, 0.2) is 5.96 Å². The number of hydrogen-bond donors (Lipinski definition) is 2. The van der Waals surface area contributed by atoms with Crippen molar-refractivity contribution >= 4 is 29.9 Å². The maximum absolute atomic E-state index is 5.40. The maximum atomic E-state index is 5.40. The van der Waals surface area contributed by atoms with Crippen LogP contribution >= 0.6 is 24.0 Å². The zero-order valence-corrected chi connectivity index (χ0v) is 18.5. The van der Waals surface area contributed by atoms with Gasteiger partial charge in [-0.2, -0.15) is 0 Å². The Labute approximate surface area is 174 Å². The van der Waals surface area contributed by atoms with E-state index < -0.39 is 0 Å². The maximum Gasteiger partial charge on any atom is 0.191 e. The third kappa shape index (κ3) is 5.47. The Morgan fingerprint density at radius 2 is 2.00 bits per heavy atom. The van der Waals surface area contributed by atoms with Crippen molar-refractivity contribution in [2.45, 2.75) is 19.4 Å². The third-order valence-electron chi connectivity index (χ3n) is 5.30. The van der Waals surface area contributed by atoms with Crippen LogP contribution in [0.2, 0.25) is 0 Å². The van der Waals surface area contributed by atoms with E-state index >= 15 is 0 Å². The number of fused-ring (bicyclic) bond motifs is 3. The van der Waals surface area contributed by atoms with E-state index in [1.807, 2.05) is 7.05 Å². The fourth-order valence-electron chi connectivity index (χ4n) is 3.70. The Bertz CT molecular complexity index is 602. The normalized spacial score (nSPS) is 24.7. The lowest BCUT2D eigenvalue weighted by atomic mass is 10.1. The molecule has 3 aliphatic rings. The molecular formula is C19H32IN5O. The Hall–Kier alpha value is -1.06. The second-order valence-corrected chi connectivity index (χ2v) is 6.92. The van der Waals surface area contributed by atoms with E-state index in [4.69, 9.17) is 4.74 Å². The first-order valence-corrected chi connectivity index (χ1v) is 9.24. The van der Waals surface area contributed by atoms with Crippen molar-refractivity contribution in [1.29, 1.82) is 0 Å². The van der Waals surface area contributed by atoms with Gasteiger partial charge in [-0.25, -0.2) is 0 Å². The Kier molecular flexibility index (Phi) is 8.43. The standard InChI is InChI=1S/C19H31N5O.HI/c1-15-4-5-16(12-18(15)25-3)6-7-21-19(20-2)22-13-17-14-23-8-10-24(17)11-9-23;/h4-5,12,17H,6-11,13-14H2,1-3H3,(H2,20,21,22);1H. The van der Waals surface area contributed by atoms with Crippen LogP contribution in [0.5, 0.6) is 5.75 Å². The molecule has 1 atom stereocenters. The molecular weight excluding hydrogens is 441 g/mol. The van der Waals surface area contributed by atoms with Crippen molar-refractivity contribution in [3.05, 3.63) is 29.3 Å². The molecule has 4 rings (SSSR count). The number of methoxy groups -OCH3 is 1. The van der Waals surface area contributed by atoms with Crippen LogP contribution in [0.3, 0.4) is 0 Å². The molecule has 1 unspecified atom stereocenters. The molecule has 146 valence electrons. The van der Waals surface area contributed by atoms with Gasteiger partial charge >= 0.3 is 0 Å². The molecule has 0 radical (unpaired) electrons. The number of guanidine groups is 1. The van der Waals surface area contributed by atoms with Crippen LogP contribution in [0, 0.1) is 6.92 Å². The number of benzene rings is 1. The Morgan fingerprint density at radius 3 is 2.62 bits per heavy atom. The molecule has 3 aliphatic heterocycles. The van der Waals surface area contributed by atoms with Gasteiger partial charge in [-0.05, 0) is 30.5 Å². The number of rotatable bonds is 6. The van der Waals surface area contributed by atoms with E-state index in [-0.39, 0.29) is 24.0 Å². The highest BCUT2D eigenvalue weighted by molar-refractivity contribution is 14.0. The lowest BCUT2D eigenvalue weighted by molar-refractivity contribution is 0.0154. The van der Waals surface area contributed by atoms with Crippen LogP contribution in [0.4, 0.5) is 0 Å². The molecule has 2 bridgehead atoms. The summed E-state index contributed by atoms with van der Waals surface area (Å²) < 4.78 is 5.40. The summed E-state index contributed by atoms with van der Waals surface area (Å²) in [5, 5.41) is 6.91. The van der Waals surface area contributed by atoms with Gasteiger partial charge in [0.05, 0.1) is 7.11 Å². The van der Waals surface area contributed by atoms with Gasteiger partial charge in [-0.1, -0.05) is 12.1 Å². The van der Waals surface area contributed by atoms with Crippen LogP contribution in [0.1, 0.15) is 11.1 Å². The predicted octanol–water partition coefficient (Wildman–Crippen LogP) is 1.33. The highest BCUT2D eigenvalue weighted by Gasteiger charge is 2.31. The summed E-state index contributed by atoms with van der Waals surface area (Å²) in [5.41, 5.74) is 2.44. The van der Waals surface area contributed by atoms with E-state index in [2.05, 4.69) is 50.5 Å². The minimum Gasteiger partial charge on any atom is -0.496 e. The first-order chi connectivity index (χ1) is 12.2. The van der Waals surface area contributed by atoms with Crippen LogP contribution in [0.15, 0.2) is 23.2 Å². The van der Waals surface area contributed by atoms with Crippen molar-refractivity contribution in [1.82, 2.24) is 20.4 Å². The lowest BCUT2D eigenvalue weighted by Crippen LogP contribution is -2.63. The van der Waals surface area contributed by atoms with E-state index in [0.717, 1.165) is 31.2 Å². The lowest BCUT2D eigenvalue weighted by Gasteiger charge is -2.47. The van der Waals surface area contributed by atoms with E-state index in [9.17, 15) is 0 Å². The number of aryl methyl sites for hydroxylation is 1. The van der Waals surface area contributed by atoms with Crippen molar-refractivity contribution in [3.8, 4) is 5.75 Å². The zero-order valence-electron chi connectivity index (χ0n) is 16.1. The molecule has 26 heavy (non-hydrogen) atoms. The van der Waals surface area contributed by atoms with E-state index in [1.165, 1.54) is 43.9 Å². The molecule has 3 heterocycles. The summed E-state index contributed by atoms with van der Waals surface area (Å²) in [6.45, 7) is 9.90. The number of nitrogens with zero attached hydrogens (tertiary/aromatic N) is 3. The summed E-state index contributed by atoms with van der Waals surface area (Å²) in [4.78, 5) is 9.51. The van der Waals surface area contributed by atoms with Gasteiger partial charge < -0.3 is 15.4 Å². The average molecular weight is 473 g/mol. The molecule has 6 nitrogen and oxygen atoms in total. The number of aliphatic imine (C=N–C) groups is 1. The fourth-order valence-corrected chi connectivity index (χ4v) is 3.70. The summed E-state index contributed by atoms with van der Waals surface area (Å²) in [6.07, 6.45) is 0.945. The topological polar surface area (TPSA) is 52.1 Å². The molecule has 0 saturated carbocycles. The van der Waals surface area contributed by atoms with Crippen LogP contribution < -0.4 is 15.4 Å². The summed E-state index contributed by atoms with van der Waals surface area (Å²) >= 11 is 0. The zero-order chi connectivity index (χ0) is 17.6. The second kappa shape index (κ2) is 10.3. The van der Waals surface area contributed by atoms with Crippen molar-refractivity contribution in [3.63, 3.8) is 0 Å². The predicted molar refractivity (Wildman–Crippen MR) is 118 cm³/mol. The molecule has 0 aromatic heterocycles. The molecule has 7 heteroatoms. The van der Waals surface area contributed by atoms with Gasteiger partial charge in [0.2, 0.25) is 0 Å². The number of halogens is 1. The quantitative estimate of drug-likeness (QED) is 0.371. The first kappa shape index (κ1) is 21.2. The molecule has 3 fully saturated rings. The second-order valence-electron chi connectivity index (χ2n) is 6.92. The van der Waals surface area contributed by atoms with Crippen LogP contribution in [-0.4, -0.2) is 81.8 Å². The van der Waals surface area contributed by atoms with Gasteiger partial charge in [-0.3, -0.25) is 14.8 Å². The number of piperazine rings is 3. The number of ether oxygens (including phenoxy) is 1. The average Bonchev–Trinajstić information content (AvgIpc) is 2.66. The SMILES string of the molecule is CN=C(NCCc1ccc(C)c(OC)c1)NCC1CN2CCN1CC2.I. The smallest absolute Gasteiger partial charge is 0.191 e. The van der Waals surface area contributed by atoms with Gasteiger partial charge in [0, 0.05) is 58.9 Å². The number of hydrogen-bond acceptors (Lipinski definition) is 4. The van der Waals surface area contributed by atoms with E-state index in [1.54, 1.807) is 7.11 Å². The Balaban J connectivity index is 0.00000243. The van der Waals surface area contributed by atoms with Crippen LogP contribution in [0.25, 0.3) is 0 Å². The van der Waals surface area contributed by atoms with Crippen molar-refractivity contribution in [2.75, 3.05) is 60.0 Å². The molecule has 0 spiro atoms. The summed E-state index contributed by atoms with van der Waals surface area (Å²) in [6, 6.07) is 7.00. The molecule has 0 amide bonds. The molecule has 1 aromatic carbocycles. The van der Waals surface area contributed by atoms with Crippen LogP contribution in [-0.2, 0) is 6.42 Å². The minimum atomic E-state index is 0. The first-order valence-electron chi connectivity index (χ1n) is 9.24. The monoisotopic (exact) mass is 473 g/mol. The highest BCUT2D eigenvalue weighted by Crippen LogP contribution is 2.19. The highest BCUT2D eigenvalue weighted by atomic mass is 127. The van der Waals surface area contributed by atoms with Crippen molar-refractivity contribution < 1.29 is 4.74 Å². The summed E-state index contributed by atoms with van der Waals surface area (Å²) in [7, 11) is 3.56. The fraction of sp³-hybridized carbons (Fsp3) is 0.632. The van der Waals surface area contributed by atoms with Gasteiger partial charge in [0.1, 0.15) is 5.75 Å². The molecule has 0 aliphatic carbocycles. The van der Waals surface area contributed by atoms with Crippen molar-refractivity contribution in [2.24, 2.45) is 4.99 Å². The largest absolute Gasteiger partial charge is 0.496 e. The Morgan fingerprint density at radius 1 is 1.23 bits per heavy atom. The van der Waals surface area contributed by atoms with E-state index in [0.29, 0.717) is 6.04 Å². The van der Waals surface area contributed by atoms with Gasteiger partial charge in [0.25, 0.3) is 0 Å². The molecule has 2 N–H and O–H groups in total.